The number of rotatable bonds is 5. The van der Waals surface area contributed by atoms with E-state index in [0.29, 0.717) is 11.6 Å². The lowest BCUT2D eigenvalue weighted by Crippen LogP contribution is -2.47. The van der Waals surface area contributed by atoms with Crippen molar-refractivity contribution in [2.75, 3.05) is 13.1 Å². The molecular formula is C16H22N2O2. The summed E-state index contributed by atoms with van der Waals surface area (Å²) >= 11 is 0. The second-order valence-electron chi connectivity index (χ2n) is 5.25. The molecule has 0 radical (unpaired) electrons. The third kappa shape index (κ3) is 3.64. The van der Waals surface area contributed by atoms with Crippen LogP contribution in [0.15, 0.2) is 23.0 Å². The minimum absolute atomic E-state index is 0.0549. The maximum atomic E-state index is 12.2. The summed E-state index contributed by atoms with van der Waals surface area (Å²) in [5.74, 6) is 2.86. The van der Waals surface area contributed by atoms with Gasteiger partial charge in [-0.2, -0.15) is 0 Å². The number of hydrogen-bond acceptors (Lipinski definition) is 3. The highest BCUT2D eigenvalue weighted by Crippen LogP contribution is 2.15. The number of hydrogen-bond donors (Lipinski definition) is 1. The molecule has 0 aromatic carbocycles. The highest BCUT2D eigenvalue weighted by Gasteiger charge is 2.24. The molecule has 1 aromatic rings. The molecular weight excluding hydrogens is 252 g/mol. The first-order chi connectivity index (χ1) is 9.74. The number of furan rings is 1. The minimum Gasteiger partial charge on any atom is -0.472 e. The van der Waals surface area contributed by atoms with E-state index in [1.165, 1.54) is 12.5 Å². The van der Waals surface area contributed by atoms with Crippen LogP contribution in [0.1, 0.15) is 43.0 Å². The molecule has 0 unspecified atom stereocenters. The van der Waals surface area contributed by atoms with E-state index in [2.05, 4.69) is 18.2 Å². The van der Waals surface area contributed by atoms with Crippen molar-refractivity contribution in [1.82, 2.24) is 10.2 Å². The van der Waals surface area contributed by atoms with Crippen LogP contribution in [-0.2, 0) is 0 Å². The molecule has 1 fully saturated rings. The van der Waals surface area contributed by atoms with Crippen LogP contribution in [0.4, 0.5) is 0 Å². The summed E-state index contributed by atoms with van der Waals surface area (Å²) in [7, 11) is 0. The van der Waals surface area contributed by atoms with Gasteiger partial charge in [-0.25, -0.2) is 0 Å². The number of terminal acetylenes is 1. The third-order valence-corrected chi connectivity index (χ3v) is 3.77. The Labute approximate surface area is 120 Å². The van der Waals surface area contributed by atoms with Gasteiger partial charge in [-0.3, -0.25) is 4.79 Å². The van der Waals surface area contributed by atoms with Crippen molar-refractivity contribution in [2.45, 2.75) is 44.7 Å². The quantitative estimate of drug-likeness (QED) is 0.838. The molecule has 1 aromatic heterocycles. The second kappa shape index (κ2) is 7.16. The predicted molar refractivity (Wildman–Crippen MR) is 78.3 cm³/mol. The fourth-order valence-corrected chi connectivity index (χ4v) is 2.61. The van der Waals surface area contributed by atoms with Gasteiger partial charge in [0.25, 0.3) is 5.91 Å². The Hall–Kier alpha value is -1.73. The van der Waals surface area contributed by atoms with E-state index >= 15 is 0 Å². The van der Waals surface area contributed by atoms with Crippen LogP contribution in [0.5, 0.6) is 0 Å². The average molecular weight is 274 g/mol. The highest BCUT2D eigenvalue weighted by atomic mass is 16.3. The Morgan fingerprint density at radius 1 is 1.60 bits per heavy atom. The van der Waals surface area contributed by atoms with Crippen molar-refractivity contribution in [2.24, 2.45) is 0 Å². The van der Waals surface area contributed by atoms with Crippen molar-refractivity contribution in [1.29, 1.82) is 0 Å². The number of nitrogens with one attached hydrogen (secondary N) is 1. The molecule has 1 amide bonds. The number of likely N-dealkylation sites (tertiary alicyclic amines) is 1. The Balaban J connectivity index is 1.81. The van der Waals surface area contributed by atoms with Crippen LogP contribution < -0.4 is 5.32 Å². The van der Waals surface area contributed by atoms with Crippen LogP contribution in [0.2, 0.25) is 0 Å². The number of piperidine rings is 1. The third-order valence-electron chi connectivity index (χ3n) is 3.77. The van der Waals surface area contributed by atoms with E-state index in [1.807, 2.05) is 4.90 Å². The zero-order chi connectivity index (χ0) is 14.4. The number of amides is 1. The maximum absolute atomic E-state index is 12.2. The van der Waals surface area contributed by atoms with Crippen LogP contribution >= 0.6 is 0 Å². The topological polar surface area (TPSA) is 45.5 Å². The van der Waals surface area contributed by atoms with Crippen molar-refractivity contribution >= 4 is 5.91 Å². The van der Waals surface area contributed by atoms with Crippen LogP contribution in [-0.4, -0.2) is 36.0 Å². The van der Waals surface area contributed by atoms with E-state index in [4.69, 9.17) is 10.8 Å². The van der Waals surface area contributed by atoms with Crippen LogP contribution in [0.25, 0.3) is 0 Å². The summed E-state index contributed by atoms with van der Waals surface area (Å²) in [6, 6.07) is 2.28. The molecule has 1 aliphatic heterocycles. The van der Waals surface area contributed by atoms with Gasteiger partial charge in [-0.15, -0.1) is 6.42 Å². The largest absolute Gasteiger partial charge is 0.472 e. The second-order valence-corrected chi connectivity index (χ2v) is 5.25. The number of carbonyl (C=O) groups excluding carboxylic acids is 1. The van der Waals surface area contributed by atoms with Gasteiger partial charge in [0.15, 0.2) is 0 Å². The van der Waals surface area contributed by atoms with Crippen LogP contribution in [0, 0.1) is 12.3 Å². The van der Waals surface area contributed by atoms with Gasteiger partial charge in [0, 0.05) is 19.1 Å². The number of carbonyl (C=O) groups is 1. The minimum atomic E-state index is 0.0549. The van der Waals surface area contributed by atoms with Crippen molar-refractivity contribution in [3.63, 3.8) is 0 Å². The van der Waals surface area contributed by atoms with Crippen molar-refractivity contribution in [3.05, 3.63) is 24.2 Å². The van der Waals surface area contributed by atoms with Gasteiger partial charge in [0.05, 0.1) is 17.9 Å². The normalized spacial score (nSPS) is 17.7. The molecule has 0 aliphatic carbocycles. The lowest BCUT2D eigenvalue weighted by atomic mass is 10.0. The lowest BCUT2D eigenvalue weighted by molar-refractivity contribution is 0.0702. The maximum Gasteiger partial charge on any atom is 0.257 e. The van der Waals surface area contributed by atoms with Gasteiger partial charge in [0.1, 0.15) is 6.26 Å². The first kappa shape index (κ1) is 14.7. The summed E-state index contributed by atoms with van der Waals surface area (Å²) in [5, 5.41) is 3.51. The molecule has 0 saturated carbocycles. The molecule has 1 N–H and O–H groups in total. The van der Waals surface area contributed by atoms with Gasteiger partial charge in [-0.1, -0.05) is 19.3 Å². The Morgan fingerprint density at radius 3 is 2.90 bits per heavy atom. The molecule has 2 rings (SSSR count). The molecule has 1 atom stereocenters. The van der Waals surface area contributed by atoms with Gasteiger partial charge < -0.3 is 14.6 Å². The molecule has 4 nitrogen and oxygen atoms in total. The summed E-state index contributed by atoms with van der Waals surface area (Å²) < 4.78 is 4.96. The van der Waals surface area contributed by atoms with E-state index in [9.17, 15) is 4.79 Å². The molecule has 4 heteroatoms. The highest BCUT2D eigenvalue weighted by molar-refractivity contribution is 5.93. The Bertz CT molecular complexity index is 453. The summed E-state index contributed by atoms with van der Waals surface area (Å²) in [5.41, 5.74) is 0.629. The van der Waals surface area contributed by atoms with Gasteiger partial charge >= 0.3 is 0 Å². The first-order valence-electron chi connectivity index (χ1n) is 7.28. The molecule has 0 bridgehead atoms. The summed E-state index contributed by atoms with van der Waals surface area (Å²) in [4.78, 5) is 14.0. The first-order valence-corrected chi connectivity index (χ1v) is 7.28. The summed E-state index contributed by atoms with van der Waals surface area (Å²) in [6.45, 7) is 3.67. The number of nitrogens with zero attached hydrogens (tertiary/aromatic N) is 1. The molecule has 20 heavy (non-hydrogen) atoms. The Kier molecular flexibility index (Phi) is 5.25. The zero-order valence-corrected chi connectivity index (χ0v) is 12.0. The van der Waals surface area contributed by atoms with E-state index < -0.39 is 0 Å². The zero-order valence-electron chi connectivity index (χ0n) is 12.0. The van der Waals surface area contributed by atoms with Gasteiger partial charge in [-0.05, 0) is 25.3 Å². The smallest absolute Gasteiger partial charge is 0.257 e. The average Bonchev–Trinajstić information content (AvgIpc) is 3.01. The standard InChI is InChI=1S/C16H22N2O2/c1-3-5-14(4-2)17-15-6-9-18(10-7-15)16(19)13-8-11-20-12-13/h2,8,11-12,14-15,17H,3,5-7,9-10H2,1H3/t14-/m0/s1. The molecule has 108 valence electrons. The van der Waals surface area contributed by atoms with Crippen molar-refractivity contribution < 1.29 is 9.21 Å². The van der Waals surface area contributed by atoms with Gasteiger partial charge in [0.2, 0.25) is 0 Å². The molecule has 2 heterocycles. The molecule has 1 aliphatic rings. The molecule has 0 spiro atoms. The van der Waals surface area contributed by atoms with E-state index in [0.717, 1.165) is 38.8 Å². The fourth-order valence-electron chi connectivity index (χ4n) is 2.61. The van der Waals surface area contributed by atoms with Crippen molar-refractivity contribution in [3.8, 4) is 12.3 Å². The van der Waals surface area contributed by atoms with E-state index in [1.54, 1.807) is 6.07 Å². The predicted octanol–water partition coefficient (Wildman–Crippen LogP) is 2.28. The summed E-state index contributed by atoms with van der Waals surface area (Å²) in [6.07, 6.45) is 12.5. The lowest BCUT2D eigenvalue weighted by Gasteiger charge is -2.33. The monoisotopic (exact) mass is 274 g/mol. The van der Waals surface area contributed by atoms with Crippen LogP contribution in [0.3, 0.4) is 0 Å². The molecule has 1 saturated heterocycles. The SMILES string of the molecule is C#C[C@@H](CCC)NC1CCN(C(=O)c2ccoc2)CC1. The Morgan fingerprint density at radius 2 is 2.35 bits per heavy atom. The van der Waals surface area contributed by atoms with E-state index in [-0.39, 0.29) is 11.9 Å². The fraction of sp³-hybridized carbons (Fsp3) is 0.562.